The topological polar surface area (TPSA) is 18.5 Å². The zero-order valence-corrected chi connectivity index (χ0v) is 10.3. The second-order valence-electron chi connectivity index (χ2n) is 4.20. The second kappa shape index (κ2) is 3.30. The van der Waals surface area contributed by atoms with Gasteiger partial charge in [-0.3, -0.25) is 0 Å². The molecule has 0 amide bonds. The third-order valence-corrected chi connectivity index (χ3v) is 3.76. The fraction of sp³-hybridized carbons (Fsp3) is 0.500. The average molecular weight is 269 g/mol. The summed E-state index contributed by atoms with van der Waals surface area (Å²) in [6, 6.07) is 4.30. The van der Waals surface area contributed by atoms with E-state index in [2.05, 4.69) is 35.0 Å². The molecule has 1 aliphatic heterocycles. The van der Waals surface area contributed by atoms with Crippen LogP contribution in [0.1, 0.15) is 23.1 Å². The molecule has 0 saturated carbocycles. The van der Waals surface area contributed by atoms with E-state index < -0.39 is 5.79 Å². The molecule has 1 spiro atoms. The summed E-state index contributed by atoms with van der Waals surface area (Å²) in [6.07, 6.45) is 2.02. The lowest BCUT2D eigenvalue weighted by Gasteiger charge is -2.23. The molecule has 3 rings (SSSR count). The molecule has 15 heavy (non-hydrogen) atoms. The molecule has 3 heteroatoms. The average Bonchev–Trinajstić information content (AvgIpc) is 2.77. The van der Waals surface area contributed by atoms with Gasteiger partial charge in [-0.15, -0.1) is 0 Å². The van der Waals surface area contributed by atoms with Crippen molar-refractivity contribution in [3.63, 3.8) is 0 Å². The largest absolute Gasteiger partial charge is 0.343 e. The zero-order valence-electron chi connectivity index (χ0n) is 8.68. The van der Waals surface area contributed by atoms with Crippen LogP contribution in [0.3, 0.4) is 0 Å². The fourth-order valence-electron chi connectivity index (χ4n) is 2.62. The van der Waals surface area contributed by atoms with Gasteiger partial charge in [-0.25, -0.2) is 0 Å². The Bertz CT molecular complexity index is 408. The molecule has 0 radical (unpaired) electrons. The quantitative estimate of drug-likeness (QED) is 0.721. The highest BCUT2D eigenvalue weighted by Gasteiger charge is 2.44. The van der Waals surface area contributed by atoms with Crippen molar-refractivity contribution in [3.05, 3.63) is 33.3 Å². The highest BCUT2D eigenvalue weighted by molar-refractivity contribution is 9.10. The molecule has 2 aliphatic rings. The molecule has 1 aliphatic carbocycles. The summed E-state index contributed by atoms with van der Waals surface area (Å²) in [6.45, 7) is 3.58. The molecule has 80 valence electrons. The Morgan fingerprint density at radius 1 is 1.27 bits per heavy atom. The van der Waals surface area contributed by atoms with Crippen LogP contribution >= 0.6 is 15.9 Å². The minimum atomic E-state index is -0.427. The smallest absolute Gasteiger partial charge is 0.195 e. The fourth-order valence-corrected chi connectivity index (χ4v) is 3.20. The van der Waals surface area contributed by atoms with Crippen LogP contribution in [0.4, 0.5) is 0 Å². The number of hydrogen-bond donors (Lipinski definition) is 0. The zero-order chi connectivity index (χ0) is 10.5. The summed E-state index contributed by atoms with van der Waals surface area (Å²) >= 11 is 3.54. The first-order valence-corrected chi connectivity index (χ1v) is 6.08. The van der Waals surface area contributed by atoms with Crippen LogP contribution in [0, 0.1) is 6.92 Å². The van der Waals surface area contributed by atoms with Gasteiger partial charge >= 0.3 is 0 Å². The van der Waals surface area contributed by atoms with Gasteiger partial charge in [0.15, 0.2) is 5.79 Å². The molecule has 0 bridgehead atoms. The van der Waals surface area contributed by atoms with Crippen LogP contribution in [0.2, 0.25) is 0 Å². The van der Waals surface area contributed by atoms with Gasteiger partial charge in [-0.05, 0) is 36.6 Å². The number of aryl methyl sites for hydroxylation is 1. The number of halogens is 1. The van der Waals surface area contributed by atoms with E-state index in [0.29, 0.717) is 13.2 Å². The van der Waals surface area contributed by atoms with Crippen LogP contribution < -0.4 is 0 Å². The Labute approximate surface area is 97.7 Å². The molecular formula is C12H13BrO2. The van der Waals surface area contributed by atoms with Gasteiger partial charge in [0.25, 0.3) is 0 Å². The molecular weight excluding hydrogens is 256 g/mol. The van der Waals surface area contributed by atoms with Gasteiger partial charge in [-0.2, -0.15) is 0 Å². The van der Waals surface area contributed by atoms with Crippen LogP contribution in [-0.4, -0.2) is 13.2 Å². The monoisotopic (exact) mass is 268 g/mol. The first-order chi connectivity index (χ1) is 7.21. The maximum absolute atomic E-state index is 5.79. The Morgan fingerprint density at radius 3 is 2.73 bits per heavy atom. The number of rotatable bonds is 0. The van der Waals surface area contributed by atoms with Crippen molar-refractivity contribution in [2.75, 3.05) is 13.2 Å². The van der Waals surface area contributed by atoms with Crippen LogP contribution in [-0.2, 0) is 21.7 Å². The third kappa shape index (κ3) is 1.37. The molecule has 1 heterocycles. The summed E-state index contributed by atoms with van der Waals surface area (Å²) in [5, 5.41) is 0. The molecule has 0 aromatic heterocycles. The number of fused-ring (bicyclic) bond motifs is 2. The Kier molecular flexibility index (Phi) is 2.16. The summed E-state index contributed by atoms with van der Waals surface area (Å²) in [5.74, 6) is -0.427. The lowest BCUT2D eigenvalue weighted by atomic mass is 10.0. The molecule has 1 aromatic rings. The van der Waals surface area contributed by atoms with E-state index in [0.717, 1.165) is 17.3 Å². The Morgan fingerprint density at radius 2 is 2.00 bits per heavy atom. The Hall–Kier alpha value is -0.380. The van der Waals surface area contributed by atoms with Gasteiger partial charge < -0.3 is 9.47 Å². The van der Waals surface area contributed by atoms with E-state index in [9.17, 15) is 0 Å². The number of ether oxygens (including phenoxy) is 2. The lowest BCUT2D eigenvalue weighted by Crippen LogP contribution is -2.23. The minimum absolute atomic E-state index is 0.427. The number of hydrogen-bond acceptors (Lipinski definition) is 2. The van der Waals surface area contributed by atoms with Crippen molar-refractivity contribution in [1.82, 2.24) is 0 Å². The molecule has 0 unspecified atom stereocenters. The third-order valence-electron chi connectivity index (χ3n) is 3.31. The standard InChI is InChI=1S/C12H13BrO2/c1-8-6-9(13)7-11-10(8)2-3-12(11)14-4-5-15-12/h6-7H,2-5H2,1H3. The van der Waals surface area contributed by atoms with E-state index in [-0.39, 0.29) is 0 Å². The van der Waals surface area contributed by atoms with Crippen molar-refractivity contribution in [1.29, 1.82) is 0 Å². The lowest BCUT2D eigenvalue weighted by molar-refractivity contribution is -0.163. The summed E-state index contributed by atoms with van der Waals surface area (Å²) in [5.41, 5.74) is 3.96. The minimum Gasteiger partial charge on any atom is -0.343 e. The SMILES string of the molecule is Cc1cc(Br)cc2c1CCC21OCCO1. The van der Waals surface area contributed by atoms with Crippen LogP contribution in [0.15, 0.2) is 16.6 Å². The molecule has 0 atom stereocenters. The molecule has 0 N–H and O–H groups in total. The van der Waals surface area contributed by atoms with Crippen molar-refractivity contribution in [3.8, 4) is 0 Å². The first kappa shape index (κ1) is 9.82. The molecule has 1 aromatic carbocycles. The van der Waals surface area contributed by atoms with Gasteiger partial charge in [0, 0.05) is 16.5 Å². The number of benzene rings is 1. The predicted octanol–water partition coefficient (Wildman–Crippen LogP) is 2.90. The molecule has 1 saturated heterocycles. The van der Waals surface area contributed by atoms with Crippen LogP contribution in [0.5, 0.6) is 0 Å². The van der Waals surface area contributed by atoms with Gasteiger partial charge in [0.1, 0.15) is 0 Å². The molecule has 2 nitrogen and oxygen atoms in total. The van der Waals surface area contributed by atoms with Gasteiger partial charge in [0.05, 0.1) is 13.2 Å². The normalized spacial score (nSPS) is 22.3. The predicted molar refractivity (Wildman–Crippen MR) is 60.8 cm³/mol. The highest BCUT2D eigenvalue weighted by Crippen LogP contribution is 2.45. The van der Waals surface area contributed by atoms with E-state index in [1.807, 2.05) is 0 Å². The van der Waals surface area contributed by atoms with Crippen molar-refractivity contribution in [2.45, 2.75) is 25.6 Å². The summed E-state index contributed by atoms with van der Waals surface area (Å²) in [7, 11) is 0. The summed E-state index contributed by atoms with van der Waals surface area (Å²) < 4.78 is 12.7. The van der Waals surface area contributed by atoms with Gasteiger partial charge in [-0.1, -0.05) is 15.9 Å². The van der Waals surface area contributed by atoms with Crippen molar-refractivity contribution in [2.24, 2.45) is 0 Å². The maximum Gasteiger partial charge on any atom is 0.195 e. The van der Waals surface area contributed by atoms with Crippen LogP contribution in [0.25, 0.3) is 0 Å². The van der Waals surface area contributed by atoms with E-state index in [1.165, 1.54) is 16.7 Å². The second-order valence-corrected chi connectivity index (χ2v) is 5.11. The van der Waals surface area contributed by atoms with E-state index in [1.54, 1.807) is 0 Å². The molecule has 1 fully saturated rings. The summed E-state index contributed by atoms with van der Waals surface area (Å²) in [4.78, 5) is 0. The van der Waals surface area contributed by atoms with Gasteiger partial charge in [0.2, 0.25) is 0 Å². The maximum atomic E-state index is 5.79. The first-order valence-electron chi connectivity index (χ1n) is 5.29. The Balaban J connectivity index is 2.16. The van der Waals surface area contributed by atoms with Crippen molar-refractivity contribution < 1.29 is 9.47 Å². The van der Waals surface area contributed by atoms with E-state index in [4.69, 9.17) is 9.47 Å². The highest BCUT2D eigenvalue weighted by atomic mass is 79.9. The van der Waals surface area contributed by atoms with Crippen molar-refractivity contribution >= 4 is 15.9 Å². The van der Waals surface area contributed by atoms with E-state index >= 15 is 0 Å².